The molecule has 2 aromatic carbocycles. The Balaban J connectivity index is 2.28. The van der Waals surface area contributed by atoms with Gasteiger partial charge in [0.1, 0.15) is 5.71 Å². The second kappa shape index (κ2) is 8.57. The number of halogens is 1. The van der Waals surface area contributed by atoms with Gasteiger partial charge >= 0.3 is 0 Å². The van der Waals surface area contributed by atoms with Gasteiger partial charge in [0, 0.05) is 22.8 Å². The predicted octanol–water partition coefficient (Wildman–Crippen LogP) is 5.86. The van der Waals surface area contributed by atoms with E-state index in [1.54, 1.807) is 0 Å². The van der Waals surface area contributed by atoms with Gasteiger partial charge in [-0.1, -0.05) is 36.7 Å². The zero-order valence-electron chi connectivity index (χ0n) is 16.3. The van der Waals surface area contributed by atoms with Crippen molar-refractivity contribution < 1.29 is 9.47 Å². The zero-order valence-corrected chi connectivity index (χ0v) is 17.0. The Kier molecular flexibility index (Phi) is 6.17. The summed E-state index contributed by atoms with van der Waals surface area (Å²) in [6, 6.07) is 11.8. The summed E-state index contributed by atoms with van der Waals surface area (Å²) < 4.78 is 11.7. The lowest BCUT2D eigenvalue weighted by Gasteiger charge is -2.21. The van der Waals surface area contributed by atoms with Gasteiger partial charge in [0.2, 0.25) is 0 Å². The summed E-state index contributed by atoms with van der Waals surface area (Å²) in [5.41, 5.74) is 4.73. The van der Waals surface area contributed by atoms with Gasteiger partial charge in [-0.3, -0.25) is 0 Å². The van der Waals surface area contributed by atoms with Crippen LogP contribution in [0.25, 0.3) is 0 Å². The first-order valence-electron chi connectivity index (χ1n) is 9.41. The molecule has 1 heterocycles. The maximum Gasteiger partial charge on any atom is 0.161 e. The fourth-order valence-corrected chi connectivity index (χ4v) is 3.68. The van der Waals surface area contributed by atoms with Crippen molar-refractivity contribution in [1.82, 2.24) is 0 Å². The van der Waals surface area contributed by atoms with Crippen LogP contribution in [-0.4, -0.2) is 24.6 Å². The minimum Gasteiger partial charge on any atom is -0.490 e. The third kappa shape index (κ3) is 3.86. The van der Waals surface area contributed by atoms with E-state index in [9.17, 15) is 0 Å². The molecule has 2 aromatic rings. The van der Waals surface area contributed by atoms with E-state index in [2.05, 4.69) is 23.2 Å². The maximum absolute atomic E-state index is 6.48. The van der Waals surface area contributed by atoms with Crippen LogP contribution < -0.4 is 9.47 Å². The van der Waals surface area contributed by atoms with Crippen LogP contribution in [0.3, 0.4) is 0 Å². The van der Waals surface area contributed by atoms with Crippen molar-refractivity contribution in [3.05, 3.63) is 58.1 Å². The average molecular weight is 385 g/mol. The van der Waals surface area contributed by atoms with Crippen molar-refractivity contribution in [3.63, 3.8) is 0 Å². The topological polar surface area (TPSA) is 43.2 Å². The molecule has 1 unspecified atom stereocenters. The third-order valence-corrected chi connectivity index (χ3v) is 5.02. The summed E-state index contributed by atoms with van der Waals surface area (Å²) in [5.74, 6) is 1.63. The molecule has 1 aliphatic rings. The summed E-state index contributed by atoms with van der Waals surface area (Å²) in [6.45, 7) is 9.26. The second-order valence-corrected chi connectivity index (χ2v) is 6.79. The lowest BCUT2D eigenvalue weighted by molar-refractivity contribution is 0.287. The Morgan fingerprint density at radius 3 is 2.22 bits per heavy atom. The van der Waals surface area contributed by atoms with Gasteiger partial charge in [-0.05, 0) is 51.0 Å². The van der Waals surface area contributed by atoms with Crippen LogP contribution in [-0.2, 0) is 0 Å². The standard InChI is InChI=1S/C22H25ClN2O2/c1-5-15-14(4)24-25-22(16-10-8-9-11-19(16)23)18-13-21(27-7-3)20(26-6-2)12-17(15)18/h8-13,15H,5-7H2,1-4H3. The highest BCUT2D eigenvalue weighted by atomic mass is 35.5. The number of rotatable bonds is 6. The molecule has 0 aromatic heterocycles. The van der Waals surface area contributed by atoms with Gasteiger partial charge in [0.25, 0.3) is 0 Å². The lowest BCUT2D eigenvalue weighted by atomic mass is 9.85. The minimum absolute atomic E-state index is 0.165. The molecule has 142 valence electrons. The molecule has 1 atom stereocenters. The molecule has 5 heteroatoms. The number of fused-ring (bicyclic) bond motifs is 1. The first-order valence-corrected chi connectivity index (χ1v) is 9.79. The van der Waals surface area contributed by atoms with Gasteiger partial charge in [-0.15, -0.1) is 5.10 Å². The van der Waals surface area contributed by atoms with E-state index in [4.69, 9.17) is 21.1 Å². The predicted molar refractivity (Wildman–Crippen MR) is 112 cm³/mol. The molecule has 27 heavy (non-hydrogen) atoms. The molecule has 0 radical (unpaired) electrons. The molecule has 0 saturated carbocycles. The average Bonchev–Trinajstić information content (AvgIpc) is 2.79. The maximum atomic E-state index is 6.48. The number of benzene rings is 2. The van der Waals surface area contributed by atoms with E-state index >= 15 is 0 Å². The van der Waals surface area contributed by atoms with E-state index in [0.717, 1.165) is 40.3 Å². The van der Waals surface area contributed by atoms with Crippen molar-refractivity contribution in [2.45, 2.75) is 40.0 Å². The molecule has 0 N–H and O–H groups in total. The van der Waals surface area contributed by atoms with Crippen LogP contribution >= 0.6 is 11.6 Å². The van der Waals surface area contributed by atoms with Gasteiger partial charge in [-0.25, -0.2) is 0 Å². The third-order valence-electron chi connectivity index (χ3n) is 4.70. The highest BCUT2D eigenvalue weighted by Crippen LogP contribution is 2.39. The molecule has 0 amide bonds. The van der Waals surface area contributed by atoms with Crippen LogP contribution in [0.1, 0.15) is 56.7 Å². The molecule has 1 aliphatic heterocycles. The molecule has 0 saturated heterocycles. The fraction of sp³-hybridized carbons (Fsp3) is 0.364. The van der Waals surface area contributed by atoms with Gasteiger partial charge in [0.05, 0.1) is 18.2 Å². The quantitative estimate of drug-likeness (QED) is 0.626. The number of ether oxygens (including phenoxy) is 2. The van der Waals surface area contributed by atoms with E-state index in [1.807, 2.05) is 51.1 Å². The van der Waals surface area contributed by atoms with Crippen molar-refractivity contribution in [2.75, 3.05) is 13.2 Å². The van der Waals surface area contributed by atoms with Gasteiger partial charge < -0.3 is 9.47 Å². The molecule has 0 spiro atoms. The second-order valence-electron chi connectivity index (χ2n) is 6.38. The zero-order chi connectivity index (χ0) is 19.4. The Bertz CT molecular complexity index is 890. The van der Waals surface area contributed by atoms with E-state index < -0.39 is 0 Å². The van der Waals surface area contributed by atoms with Crippen LogP contribution in [0.4, 0.5) is 0 Å². The smallest absolute Gasteiger partial charge is 0.161 e. The van der Waals surface area contributed by atoms with Crippen LogP contribution in [0.2, 0.25) is 5.02 Å². The Labute approximate surface area is 165 Å². The minimum atomic E-state index is 0.165. The summed E-state index contributed by atoms with van der Waals surface area (Å²) in [6.07, 6.45) is 0.924. The van der Waals surface area contributed by atoms with Crippen LogP contribution in [0, 0.1) is 0 Å². The summed E-state index contributed by atoms with van der Waals surface area (Å²) in [4.78, 5) is 0. The molecule has 0 fully saturated rings. The molecule has 4 nitrogen and oxygen atoms in total. The molecule has 3 rings (SSSR count). The normalized spacial score (nSPS) is 16.1. The Morgan fingerprint density at radius 2 is 1.59 bits per heavy atom. The number of hydrogen-bond acceptors (Lipinski definition) is 4. The van der Waals surface area contributed by atoms with Crippen molar-refractivity contribution in [1.29, 1.82) is 0 Å². The SMILES string of the molecule is CCOc1cc2c(cc1OCC)C(CC)C(C)=NN=C2c1ccccc1Cl. The van der Waals surface area contributed by atoms with Crippen molar-refractivity contribution >= 4 is 23.0 Å². The molecule has 0 aliphatic carbocycles. The monoisotopic (exact) mass is 384 g/mol. The number of hydrogen-bond donors (Lipinski definition) is 0. The van der Waals surface area contributed by atoms with Crippen molar-refractivity contribution in [2.24, 2.45) is 10.2 Å². The molecular formula is C22H25ClN2O2. The molecule has 0 bridgehead atoms. The summed E-state index contributed by atoms with van der Waals surface area (Å²) in [7, 11) is 0. The van der Waals surface area contributed by atoms with E-state index in [1.165, 1.54) is 0 Å². The van der Waals surface area contributed by atoms with Crippen LogP contribution in [0.15, 0.2) is 46.6 Å². The first kappa shape index (κ1) is 19.4. The Morgan fingerprint density at radius 1 is 0.926 bits per heavy atom. The largest absolute Gasteiger partial charge is 0.490 e. The lowest BCUT2D eigenvalue weighted by Crippen LogP contribution is -2.13. The van der Waals surface area contributed by atoms with E-state index in [0.29, 0.717) is 24.0 Å². The highest BCUT2D eigenvalue weighted by Gasteiger charge is 2.26. The summed E-state index contributed by atoms with van der Waals surface area (Å²) in [5, 5.41) is 9.73. The fourth-order valence-electron chi connectivity index (χ4n) is 3.45. The first-order chi connectivity index (χ1) is 13.1. The van der Waals surface area contributed by atoms with Crippen LogP contribution in [0.5, 0.6) is 11.5 Å². The number of nitrogens with zero attached hydrogens (tertiary/aromatic N) is 2. The molecular weight excluding hydrogens is 360 g/mol. The van der Waals surface area contributed by atoms with E-state index in [-0.39, 0.29) is 5.92 Å². The Hall–Kier alpha value is -2.33. The van der Waals surface area contributed by atoms with Gasteiger partial charge in [-0.2, -0.15) is 5.10 Å². The highest BCUT2D eigenvalue weighted by molar-refractivity contribution is 6.35. The van der Waals surface area contributed by atoms with Gasteiger partial charge in [0.15, 0.2) is 11.5 Å². The van der Waals surface area contributed by atoms with Crippen molar-refractivity contribution in [3.8, 4) is 11.5 Å². The summed E-state index contributed by atoms with van der Waals surface area (Å²) >= 11 is 6.48.